The fraction of sp³-hybridized carbons (Fsp3) is 0.200. The first-order chi connectivity index (χ1) is 8.72. The summed E-state index contributed by atoms with van der Waals surface area (Å²) < 4.78 is 19.0. The molecule has 0 aromatic heterocycles. The van der Waals surface area contributed by atoms with E-state index >= 15 is 0 Å². The van der Waals surface area contributed by atoms with E-state index in [1.807, 2.05) is 24.3 Å². The van der Waals surface area contributed by atoms with Gasteiger partial charge in [0.25, 0.3) is 0 Å². The van der Waals surface area contributed by atoms with Gasteiger partial charge >= 0.3 is 0 Å². The summed E-state index contributed by atoms with van der Waals surface area (Å²) in [5.41, 5.74) is 8.03. The molecule has 3 rings (SSSR count). The van der Waals surface area contributed by atoms with Crippen molar-refractivity contribution in [2.45, 2.75) is 18.9 Å². The highest BCUT2D eigenvalue weighted by Gasteiger charge is 2.23. The van der Waals surface area contributed by atoms with Crippen molar-refractivity contribution < 1.29 is 9.13 Å². The van der Waals surface area contributed by atoms with Gasteiger partial charge < -0.3 is 10.5 Å². The first-order valence-corrected chi connectivity index (χ1v) is 6.04. The molecule has 0 heterocycles. The third-order valence-electron chi connectivity index (χ3n) is 2.99. The molecule has 2 N–H and O–H groups in total. The Morgan fingerprint density at radius 1 is 1.11 bits per heavy atom. The van der Waals surface area contributed by atoms with E-state index < -0.39 is 0 Å². The predicted molar refractivity (Wildman–Crippen MR) is 69.9 cm³/mol. The lowest BCUT2D eigenvalue weighted by Gasteiger charge is -2.09. The standard InChI is InChI=1S/C15H14FNO/c16-11-4-7-15(17)14(9-11)10-2-1-3-13(8-10)18-12-5-6-12/h1-4,7-9,12H,5-6,17H2. The van der Waals surface area contributed by atoms with Crippen LogP contribution in [0.3, 0.4) is 0 Å². The second-order valence-electron chi connectivity index (χ2n) is 4.58. The van der Waals surface area contributed by atoms with Gasteiger partial charge in [-0.05, 0) is 48.7 Å². The molecule has 2 nitrogen and oxygen atoms in total. The van der Waals surface area contributed by atoms with Crippen molar-refractivity contribution in [3.05, 3.63) is 48.3 Å². The molecule has 1 aliphatic rings. The number of ether oxygens (including phenoxy) is 1. The molecule has 0 amide bonds. The molecule has 1 aliphatic carbocycles. The largest absolute Gasteiger partial charge is 0.490 e. The lowest BCUT2D eigenvalue weighted by Crippen LogP contribution is -1.96. The highest BCUT2D eigenvalue weighted by atomic mass is 19.1. The maximum absolute atomic E-state index is 13.3. The third kappa shape index (κ3) is 2.30. The molecule has 92 valence electrons. The van der Waals surface area contributed by atoms with Gasteiger partial charge in [0.2, 0.25) is 0 Å². The second kappa shape index (κ2) is 4.33. The van der Waals surface area contributed by atoms with Crippen molar-refractivity contribution in [2.24, 2.45) is 0 Å². The van der Waals surface area contributed by atoms with Gasteiger partial charge in [0.1, 0.15) is 11.6 Å². The number of benzene rings is 2. The molecule has 1 saturated carbocycles. The molecular weight excluding hydrogens is 229 g/mol. The summed E-state index contributed by atoms with van der Waals surface area (Å²) in [5, 5.41) is 0. The van der Waals surface area contributed by atoms with E-state index in [2.05, 4.69) is 0 Å². The Balaban J connectivity index is 1.96. The molecule has 0 atom stereocenters. The Hall–Kier alpha value is -2.03. The van der Waals surface area contributed by atoms with Gasteiger partial charge in [0.05, 0.1) is 6.10 Å². The van der Waals surface area contributed by atoms with Gasteiger partial charge in [-0.25, -0.2) is 4.39 Å². The van der Waals surface area contributed by atoms with Gasteiger partial charge in [-0.15, -0.1) is 0 Å². The molecule has 18 heavy (non-hydrogen) atoms. The van der Waals surface area contributed by atoms with Crippen molar-refractivity contribution in [3.63, 3.8) is 0 Å². The van der Waals surface area contributed by atoms with Crippen LogP contribution in [0.25, 0.3) is 11.1 Å². The number of anilines is 1. The van der Waals surface area contributed by atoms with Crippen LogP contribution >= 0.6 is 0 Å². The number of hydrogen-bond donors (Lipinski definition) is 1. The van der Waals surface area contributed by atoms with E-state index in [0.29, 0.717) is 17.4 Å². The van der Waals surface area contributed by atoms with Gasteiger partial charge in [0, 0.05) is 11.3 Å². The number of nitrogens with two attached hydrogens (primary N) is 1. The number of hydrogen-bond acceptors (Lipinski definition) is 2. The van der Waals surface area contributed by atoms with Gasteiger partial charge in [-0.1, -0.05) is 12.1 Å². The van der Waals surface area contributed by atoms with Crippen LogP contribution in [0.5, 0.6) is 5.75 Å². The average molecular weight is 243 g/mol. The maximum atomic E-state index is 13.3. The summed E-state index contributed by atoms with van der Waals surface area (Å²) in [6, 6.07) is 12.0. The average Bonchev–Trinajstić information content (AvgIpc) is 3.16. The van der Waals surface area contributed by atoms with Crippen molar-refractivity contribution >= 4 is 5.69 Å². The van der Waals surface area contributed by atoms with Crippen molar-refractivity contribution in [1.82, 2.24) is 0 Å². The molecule has 3 heteroatoms. The molecule has 0 radical (unpaired) electrons. The van der Waals surface area contributed by atoms with E-state index in [9.17, 15) is 4.39 Å². The Morgan fingerprint density at radius 2 is 1.94 bits per heavy atom. The molecule has 0 unspecified atom stereocenters. The van der Waals surface area contributed by atoms with Crippen molar-refractivity contribution in [1.29, 1.82) is 0 Å². The summed E-state index contributed by atoms with van der Waals surface area (Å²) >= 11 is 0. The molecule has 0 bridgehead atoms. The van der Waals surface area contributed by atoms with Gasteiger partial charge in [-0.3, -0.25) is 0 Å². The van der Waals surface area contributed by atoms with Gasteiger partial charge in [0.15, 0.2) is 0 Å². The molecule has 2 aromatic carbocycles. The lowest BCUT2D eigenvalue weighted by atomic mass is 10.0. The van der Waals surface area contributed by atoms with Crippen molar-refractivity contribution in [2.75, 3.05) is 5.73 Å². The third-order valence-corrected chi connectivity index (χ3v) is 2.99. The molecule has 1 fully saturated rings. The summed E-state index contributed by atoms with van der Waals surface area (Å²) in [7, 11) is 0. The fourth-order valence-corrected chi connectivity index (χ4v) is 1.89. The molecule has 2 aromatic rings. The zero-order valence-electron chi connectivity index (χ0n) is 9.90. The first-order valence-electron chi connectivity index (χ1n) is 6.04. The van der Waals surface area contributed by atoms with Crippen LogP contribution in [0.1, 0.15) is 12.8 Å². The van der Waals surface area contributed by atoms with E-state index in [1.54, 1.807) is 6.07 Å². The summed E-state index contributed by atoms with van der Waals surface area (Å²) in [5.74, 6) is 0.534. The summed E-state index contributed by atoms with van der Waals surface area (Å²) in [4.78, 5) is 0. The quantitative estimate of drug-likeness (QED) is 0.836. The predicted octanol–water partition coefficient (Wildman–Crippen LogP) is 3.62. The van der Waals surface area contributed by atoms with Crippen LogP contribution in [0.4, 0.5) is 10.1 Å². The van der Waals surface area contributed by atoms with E-state index in [0.717, 1.165) is 24.2 Å². The fourth-order valence-electron chi connectivity index (χ4n) is 1.89. The number of halogens is 1. The van der Waals surface area contributed by atoms with E-state index in [1.165, 1.54) is 12.1 Å². The minimum Gasteiger partial charge on any atom is -0.490 e. The topological polar surface area (TPSA) is 35.2 Å². The van der Waals surface area contributed by atoms with Crippen LogP contribution in [0, 0.1) is 5.82 Å². The SMILES string of the molecule is Nc1ccc(F)cc1-c1cccc(OC2CC2)c1. The molecule has 0 saturated heterocycles. The Labute approximate surface area is 105 Å². The first kappa shape index (κ1) is 11.1. The van der Waals surface area contributed by atoms with E-state index in [-0.39, 0.29) is 5.82 Å². The van der Waals surface area contributed by atoms with Crippen molar-refractivity contribution in [3.8, 4) is 16.9 Å². The monoisotopic (exact) mass is 243 g/mol. The van der Waals surface area contributed by atoms with Crippen LogP contribution in [0.15, 0.2) is 42.5 Å². The second-order valence-corrected chi connectivity index (χ2v) is 4.58. The Kier molecular flexibility index (Phi) is 2.67. The Morgan fingerprint density at radius 3 is 2.72 bits per heavy atom. The number of rotatable bonds is 3. The van der Waals surface area contributed by atoms with Crippen LogP contribution in [-0.4, -0.2) is 6.10 Å². The zero-order chi connectivity index (χ0) is 12.5. The minimum atomic E-state index is -0.285. The van der Waals surface area contributed by atoms with Crippen LogP contribution < -0.4 is 10.5 Å². The Bertz CT molecular complexity index is 578. The minimum absolute atomic E-state index is 0.285. The lowest BCUT2D eigenvalue weighted by molar-refractivity contribution is 0.303. The van der Waals surface area contributed by atoms with Gasteiger partial charge in [-0.2, -0.15) is 0 Å². The van der Waals surface area contributed by atoms with Crippen LogP contribution in [-0.2, 0) is 0 Å². The highest BCUT2D eigenvalue weighted by molar-refractivity contribution is 5.76. The normalized spacial score (nSPS) is 14.5. The highest BCUT2D eigenvalue weighted by Crippen LogP contribution is 2.32. The zero-order valence-corrected chi connectivity index (χ0v) is 9.90. The number of nitrogen functional groups attached to an aromatic ring is 1. The molecule has 0 spiro atoms. The molecule has 0 aliphatic heterocycles. The summed E-state index contributed by atoms with van der Waals surface area (Å²) in [6.07, 6.45) is 2.59. The summed E-state index contributed by atoms with van der Waals surface area (Å²) in [6.45, 7) is 0. The maximum Gasteiger partial charge on any atom is 0.123 e. The smallest absolute Gasteiger partial charge is 0.123 e. The van der Waals surface area contributed by atoms with E-state index in [4.69, 9.17) is 10.5 Å². The van der Waals surface area contributed by atoms with Crippen LogP contribution in [0.2, 0.25) is 0 Å². The molecular formula is C15H14FNO.